The summed E-state index contributed by atoms with van der Waals surface area (Å²) in [5.41, 5.74) is 1.10. The van der Waals surface area contributed by atoms with Gasteiger partial charge in [0.05, 0.1) is 12.7 Å². The van der Waals surface area contributed by atoms with E-state index in [-0.39, 0.29) is 13.4 Å². The van der Waals surface area contributed by atoms with Crippen molar-refractivity contribution in [1.82, 2.24) is 0 Å². The summed E-state index contributed by atoms with van der Waals surface area (Å²) in [6, 6.07) is 11.7. The normalized spacial score (nSPS) is 14.1. The van der Waals surface area contributed by atoms with Crippen LogP contribution in [0.1, 0.15) is 25.0 Å². The van der Waals surface area contributed by atoms with Crippen LogP contribution in [-0.2, 0) is 12.8 Å². The Bertz CT molecular complexity index is 763. The van der Waals surface area contributed by atoms with E-state index < -0.39 is 11.7 Å². The third kappa shape index (κ3) is 4.84. The maximum atomic E-state index is 9.82. The van der Waals surface area contributed by atoms with Crippen molar-refractivity contribution in [3.8, 4) is 23.0 Å². The van der Waals surface area contributed by atoms with Crippen molar-refractivity contribution in [3.05, 3.63) is 47.5 Å². The molecule has 3 rings (SSSR count). The number of aliphatic hydroxyl groups is 2. The van der Waals surface area contributed by atoms with Crippen LogP contribution >= 0.6 is 0 Å². The van der Waals surface area contributed by atoms with Gasteiger partial charge in [-0.25, -0.2) is 0 Å². The molecule has 0 amide bonds. The van der Waals surface area contributed by atoms with Gasteiger partial charge in [-0.1, -0.05) is 12.1 Å². The SMILES string of the molecule is COc1cc(CCc2ccc(OC[C@H](O)C(C)(C)O)cc2)cc2c1OCO2. The first-order valence-corrected chi connectivity index (χ1v) is 8.95. The Morgan fingerprint density at radius 2 is 1.78 bits per heavy atom. The Hall–Kier alpha value is -2.44. The van der Waals surface area contributed by atoms with E-state index in [0.717, 1.165) is 24.2 Å². The van der Waals surface area contributed by atoms with E-state index in [1.165, 1.54) is 5.56 Å². The first kappa shape index (κ1) is 19.3. The molecule has 1 heterocycles. The van der Waals surface area contributed by atoms with Gasteiger partial charge in [-0.2, -0.15) is 0 Å². The molecule has 0 unspecified atom stereocenters. The topological polar surface area (TPSA) is 77.4 Å². The minimum atomic E-state index is -1.19. The molecule has 0 spiro atoms. The van der Waals surface area contributed by atoms with E-state index in [0.29, 0.717) is 17.2 Å². The standard InChI is InChI=1S/C21H26O6/c1-21(2,23)19(22)12-25-16-8-6-14(7-9-16)4-5-15-10-17(24-3)20-18(11-15)26-13-27-20/h6-11,19,22-23H,4-5,12-13H2,1-3H3/t19-/m0/s1. The van der Waals surface area contributed by atoms with Crippen LogP contribution < -0.4 is 18.9 Å². The van der Waals surface area contributed by atoms with Crippen LogP contribution in [0.5, 0.6) is 23.0 Å². The van der Waals surface area contributed by atoms with Crippen molar-refractivity contribution in [2.45, 2.75) is 38.4 Å². The summed E-state index contributed by atoms with van der Waals surface area (Å²) in [6.07, 6.45) is 0.748. The minimum Gasteiger partial charge on any atom is -0.493 e. The van der Waals surface area contributed by atoms with Crippen molar-refractivity contribution < 1.29 is 29.2 Å². The van der Waals surface area contributed by atoms with Gasteiger partial charge < -0.3 is 29.2 Å². The van der Waals surface area contributed by atoms with Crippen LogP contribution in [0.2, 0.25) is 0 Å². The van der Waals surface area contributed by atoms with E-state index in [1.54, 1.807) is 21.0 Å². The molecule has 0 aromatic heterocycles. The zero-order valence-electron chi connectivity index (χ0n) is 15.9. The van der Waals surface area contributed by atoms with Crippen LogP contribution in [0.25, 0.3) is 0 Å². The number of hydrogen-bond acceptors (Lipinski definition) is 6. The molecule has 1 aliphatic heterocycles. The molecule has 2 aromatic rings. The zero-order chi connectivity index (χ0) is 19.4. The average Bonchev–Trinajstić information content (AvgIpc) is 3.12. The maximum Gasteiger partial charge on any atom is 0.231 e. The minimum absolute atomic E-state index is 0.0415. The molecule has 2 aromatic carbocycles. The van der Waals surface area contributed by atoms with Crippen LogP contribution in [0.3, 0.4) is 0 Å². The quantitative estimate of drug-likeness (QED) is 0.740. The van der Waals surface area contributed by atoms with E-state index in [1.807, 2.05) is 36.4 Å². The van der Waals surface area contributed by atoms with Gasteiger partial charge in [-0.15, -0.1) is 0 Å². The number of hydrogen-bond donors (Lipinski definition) is 2. The Balaban J connectivity index is 1.56. The number of ether oxygens (including phenoxy) is 4. The highest BCUT2D eigenvalue weighted by atomic mass is 16.7. The van der Waals surface area contributed by atoms with E-state index in [2.05, 4.69) is 0 Å². The molecule has 0 bridgehead atoms. The number of aryl methyl sites for hydroxylation is 2. The highest BCUT2D eigenvalue weighted by Crippen LogP contribution is 2.42. The summed E-state index contributed by atoms with van der Waals surface area (Å²) in [5.74, 6) is 2.73. The van der Waals surface area contributed by atoms with Crippen LogP contribution in [0.4, 0.5) is 0 Å². The summed E-state index contributed by atoms with van der Waals surface area (Å²) in [5, 5.41) is 19.5. The Kier molecular flexibility index (Phi) is 5.77. The lowest BCUT2D eigenvalue weighted by Crippen LogP contribution is -2.40. The van der Waals surface area contributed by atoms with Crippen LogP contribution in [-0.4, -0.2) is 42.4 Å². The average molecular weight is 374 g/mol. The molecule has 0 saturated heterocycles. The second-order valence-electron chi connectivity index (χ2n) is 7.16. The van der Waals surface area contributed by atoms with Gasteiger partial charge in [0.1, 0.15) is 18.5 Å². The fraction of sp³-hybridized carbons (Fsp3) is 0.429. The molecule has 1 atom stereocenters. The molecule has 6 nitrogen and oxygen atoms in total. The van der Waals surface area contributed by atoms with E-state index >= 15 is 0 Å². The summed E-state index contributed by atoms with van der Waals surface area (Å²) >= 11 is 0. The molecule has 6 heteroatoms. The molecule has 27 heavy (non-hydrogen) atoms. The Morgan fingerprint density at radius 3 is 2.44 bits per heavy atom. The van der Waals surface area contributed by atoms with E-state index in [9.17, 15) is 10.2 Å². The van der Waals surface area contributed by atoms with Gasteiger partial charge >= 0.3 is 0 Å². The highest BCUT2D eigenvalue weighted by Gasteiger charge is 2.25. The monoisotopic (exact) mass is 374 g/mol. The molecule has 0 saturated carbocycles. The number of rotatable bonds is 8. The first-order chi connectivity index (χ1) is 12.9. The molecule has 0 aliphatic carbocycles. The van der Waals surface area contributed by atoms with E-state index in [4.69, 9.17) is 18.9 Å². The summed E-state index contributed by atoms with van der Waals surface area (Å²) in [7, 11) is 1.62. The van der Waals surface area contributed by atoms with Crippen molar-refractivity contribution in [2.75, 3.05) is 20.5 Å². The van der Waals surface area contributed by atoms with Crippen LogP contribution in [0, 0.1) is 0 Å². The van der Waals surface area contributed by atoms with Gasteiger partial charge in [0.15, 0.2) is 11.5 Å². The molecule has 0 radical (unpaired) electrons. The van der Waals surface area contributed by atoms with Gasteiger partial charge in [0, 0.05) is 0 Å². The smallest absolute Gasteiger partial charge is 0.231 e. The lowest BCUT2D eigenvalue weighted by Gasteiger charge is -2.24. The van der Waals surface area contributed by atoms with Gasteiger partial charge in [-0.05, 0) is 62.1 Å². The maximum absolute atomic E-state index is 9.82. The fourth-order valence-corrected chi connectivity index (χ4v) is 2.75. The second-order valence-corrected chi connectivity index (χ2v) is 7.16. The fourth-order valence-electron chi connectivity index (χ4n) is 2.75. The second kappa shape index (κ2) is 8.06. The van der Waals surface area contributed by atoms with Crippen molar-refractivity contribution in [2.24, 2.45) is 0 Å². The van der Waals surface area contributed by atoms with Crippen LogP contribution in [0.15, 0.2) is 36.4 Å². The van der Waals surface area contributed by atoms with Crippen molar-refractivity contribution in [1.29, 1.82) is 0 Å². The first-order valence-electron chi connectivity index (χ1n) is 8.95. The molecular formula is C21H26O6. The highest BCUT2D eigenvalue weighted by molar-refractivity contribution is 5.55. The molecule has 0 fully saturated rings. The number of benzene rings is 2. The molecule has 2 N–H and O–H groups in total. The van der Waals surface area contributed by atoms with Crippen molar-refractivity contribution >= 4 is 0 Å². The van der Waals surface area contributed by atoms with Gasteiger partial charge in [0.25, 0.3) is 0 Å². The van der Waals surface area contributed by atoms with Gasteiger partial charge in [0.2, 0.25) is 12.5 Å². The largest absolute Gasteiger partial charge is 0.493 e. The van der Waals surface area contributed by atoms with Crippen molar-refractivity contribution in [3.63, 3.8) is 0 Å². The van der Waals surface area contributed by atoms with Gasteiger partial charge in [-0.3, -0.25) is 0 Å². The molecule has 1 aliphatic rings. The summed E-state index contributed by atoms with van der Waals surface area (Å²) in [4.78, 5) is 0. The lowest BCUT2D eigenvalue weighted by molar-refractivity contribution is -0.0661. The predicted molar refractivity (Wildman–Crippen MR) is 101 cm³/mol. The molecule has 146 valence electrons. The number of aliphatic hydroxyl groups excluding tert-OH is 1. The number of fused-ring (bicyclic) bond motifs is 1. The lowest BCUT2D eigenvalue weighted by atomic mass is 10.0. The zero-order valence-corrected chi connectivity index (χ0v) is 15.9. The summed E-state index contributed by atoms with van der Waals surface area (Å²) < 4.78 is 21.8. The summed E-state index contributed by atoms with van der Waals surface area (Å²) in [6.45, 7) is 3.36. The molecular weight excluding hydrogens is 348 g/mol. The third-order valence-electron chi connectivity index (χ3n) is 4.57. The predicted octanol–water partition coefficient (Wildman–Crippen LogP) is 2.72. The Labute approximate surface area is 159 Å². The number of methoxy groups -OCH3 is 1. The third-order valence-corrected chi connectivity index (χ3v) is 4.57. The Morgan fingerprint density at radius 1 is 1.07 bits per heavy atom.